The normalized spacial score (nSPS) is 12.8. The first-order valence-corrected chi connectivity index (χ1v) is 10.6. The number of aliphatic imine (C=N–C) groups is 1. The summed E-state index contributed by atoms with van der Waals surface area (Å²) in [7, 11) is 0. The van der Waals surface area contributed by atoms with Crippen molar-refractivity contribution in [3.63, 3.8) is 0 Å². The number of pyridine rings is 1. The van der Waals surface area contributed by atoms with Crippen LogP contribution < -0.4 is 10.2 Å². The third kappa shape index (κ3) is 17.4. The Morgan fingerprint density at radius 1 is 0.690 bits per heavy atom. The first-order chi connectivity index (χ1) is 18.4. The summed E-state index contributed by atoms with van der Waals surface area (Å²) in [5.41, 5.74) is 1.78. The van der Waals surface area contributed by atoms with E-state index >= 15 is 0 Å². The smallest absolute Gasteiger partial charge is 0.869 e. The van der Waals surface area contributed by atoms with Crippen molar-refractivity contribution in [1.82, 2.24) is 4.98 Å². The Balaban J connectivity index is 0. The standard InChI is InChI=1S/C12H9BrN2.2C5H2F6O2.Co/c13-10-4-6-11(7-5-10)15-9-12-3-1-2-8-14-12;2*6-4(7,8)2(12)1-3(13)5(9,10)11;/h1-9H;2*1,12H;/q;;;+2/p-2/b;2*2-1-;. The number of carbonyl (C=O) groups is 2. The quantitative estimate of drug-likeness (QED) is 0.180. The molecule has 0 atom stereocenters. The van der Waals surface area contributed by atoms with E-state index in [0.29, 0.717) is 0 Å². The summed E-state index contributed by atoms with van der Waals surface area (Å²) in [6.45, 7) is 0. The maximum atomic E-state index is 11.3. The number of ketones is 2. The Bertz CT molecular complexity index is 1190. The molecule has 1 heterocycles. The molecule has 0 saturated heterocycles. The van der Waals surface area contributed by atoms with E-state index in [1.165, 1.54) is 0 Å². The Labute approximate surface area is 245 Å². The van der Waals surface area contributed by atoms with Gasteiger partial charge < -0.3 is 10.2 Å². The van der Waals surface area contributed by atoms with Crippen LogP contribution in [0.4, 0.5) is 58.4 Å². The van der Waals surface area contributed by atoms with Crippen LogP contribution in [0.1, 0.15) is 5.69 Å². The molecule has 2 rings (SSSR count). The minimum Gasteiger partial charge on any atom is -0.869 e. The second kappa shape index (κ2) is 16.9. The average molecular weight is 734 g/mol. The first kappa shape index (κ1) is 40.7. The zero-order chi connectivity index (χ0) is 32.2. The summed E-state index contributed by atoms with van der Waals surface area (Å²) in [5, 5.41) is 19.6. The van der Waals surface area contributed by atoms with Crippen LogP contribution >= 0.6 is 15.9 Å². The zero-order valence-electron chi connectivity index (χ0n) is 19.6. The number of carbonyl (C=O) groups excluding carboxylic acids is 2. The summed E-state index contributed by atoms with van der Waals surface area (Å²) in [6, 6.07) is 13.6. The van der Waals surface area contributed by atoms with Crippen LogP contribution in [0.3, 0.4) is 0 Å². The Kier molecular flexibility index (Phi) is 16.4. The van der Waals surface area contributed by atoms with E-state index in [-0.39, 0.29) is 16.8 Å². The second-order valence-electron chi connectivity index (χ2n) is 6.73. The van der Waals surface area contributed by atoms with Crippen molar-refractivity contribution >= 4 is 39.4 Å². The van der Waals surface area contributed by atoms with E-state index in [1.54, 1.807) is 12.4 Å². The number of rotatable bonds is 4. The molecule has 0 aliphatic heterocycles. The molecule has 6 nitrogen and oxygen atoms in total. The largest absolute Gasteiger partial charge is 2.00 e. The monoisotopic (exact) mass is 733 g/mol. The summed E-state index contributed by atoms with van der Waals surface area (Å²) < 4.78 is 137. The molecule has 2 aromatic rings. The minimum atomic E-state index is -5.46. The maximum Gasteiger partial charge on any atom is 2.00 e. The Morgan fingerprint density at radius 3 is 1.40 bits per heavy atom. The Morgan fingerprint density at radius 2 is 1.10 bits per heavy atom. The number of alkyl halides is 12. The van der Waals surface area contributed by atoms with Crippen molar-refractivity contribution in [3.05, 3.63) is 82.5 Å². The van der Waals surface area contributed by atoms with Crippen molar-refractivity contribution in [1.29, 1.82) is 0 Å². The molecule has 0 N–H and O–H groups in total. The summed E-state index contributed by atoms with van der Waals surface area (Å²) in [4.78, 5) is 28.1. The fourth-order valence-corrected chi connectivity index (χ4v) is 1.95. The molecule has 0 aliphatic rings. The van der Waals surface area contributed by atoms with Crippen LogP contribution in [-0.4, -0.2) is 47.5 Å². The van der Waals surface area contributed by atoms with E-state index in [9.17, 15) is 72.5 Å². The van der Waals surface area contributed by atoms with Gasteiger partial charge in [0.25, 0.3) is 11.6 Å². The van der Waals surface area contributed by atoms with E-state index in [0.717, 1.165) is 15.9 Å². The number of hydrogen-bond acceptors (Lipinski definition) is 6. The molecule has 1 aromatic heterocycles. The molecule has 1 radical (unpaired) electrons. The molecule has 0 fully saturated rings. The van der Waals surface area contributed by atoms with Gasteiger partial charge in [0.1, 0.15) is 0 Å². The fraction of sp³-hybridized carbons (Fsp3) is 0.182. The number of allylic oxidation sites excluding steroid dienone is 4. The molecule has 0 bridgehead atoms. The van der Waals surface area contributed by atoms with Crippen molar-refractivity contribution in [2.75, 3.05) is 0 Å². The van der Waals surface area contributed by atoms with Gasteiger partial charge in [-0.2, -0.15) is 52.7 Å². The summed E-state index contributed by atoms with van der Waals surface area (Å²) in [5.74, 6) is -11.3. The molecule has 0 spiro atoms. The Hall–Kier alpha value is -3.39. The fourth-order valence-electron chi connectivity index (χ4n) is 1.69. The van der Waals surface area contributed by atoms with Crippen molar-refractivity contribution in [2.45, 2.75) is 24.7 Å². The molecular weight excluding hydrogens is 723 g/mol. The minimum absolute atomic E-state index is 0. The van der Waals surface area contributed by atoms with Crippen molar-refractivity contribution in [2.24, 2.45) is 4.99 Å². The molecule has 0 amide bonds. The number of aromatic nitrogens is 1. The van der Waals surface area contributed by atoms with Crippen LogP contribution in [0.15, 0.2) is 81.8 Å². The van der Waals surface area contributed by atoms with Gasteiger partial charge in [0.15, 0.2) is 0 Å². The number of benzene rings is 1. The van der Waals surface area contributed by atoms with Gasteiger partial charge >= 0.3 is 41.5 Å². The molecule has 20 heteroatoms. The van der Waals surface area contributed by atoms with Crippen LogP contribution in [0.25, 0.3) is 0 Å². The van der Waals surface area contributed by atoms with Gasteiger partial charge in [-0.15, -0.1) is 0 Å². The molecule has 0 aliphatic carbocycles. The third-order valence-electron chi connectivity index (χ3n) is 3.50. The second-order valence-corrected chi connectivity index (χ2v) is 7.64. The van der Waals surface area contributed by atoms with Gasteiger partial charge in [0.2, 0.25) is 0 Å². The predicted octanol–water partition coefficient (Wildman–Crippen LogP) is 5.44. The van der Waals surface area contributed by atoms with Gasteiger partial charge in [0.05, 0.1) is 17.6 Å². The molecule has 233 valence electrons. The number of nitrogens with zero attached hydrogens (tertiary/aromatic N) is 2. The van der Waals surface area contributed by atoms with Gasteiger partial charge in [-0.1, -0.05) is 22.0 Å². The van der Waals surface area contributed by atoms with Gasteiger partial charge in [0, 0.05) is 10.7 Å². The number of hydrogen-bond donors (Lipinski definition) is 0. The number of halogens is 13. The average Bonchev–Trinajstić information content (AvgIpc) is 2.82. The van der Waals surface area contributed by atoms with Crippen LogP contribution in [0, 0.1) is 0 Å². The first-order valence-electron chi connectivity index (χ1n) is 9.79. The van der Waals surface area contributed by atoms with Crippen LogP contribution in [0.5, 0.6) is 0 Å². The van der Waals surface area contributed by atoms with Crippen molar-refractivity contribution < 1.29 is 89.3 Å². The predicted molar refractivity (Wildman–Crippen MR) is 116 cm³/mol. The van der Waals surface area contributed by atoms with Crippen LogP contribution in [0.2, 0.25) is 0 Å². The van der Waals surface area contributed by atoms with Gasteiger partial charge in [-0.25, -0.2) is 0 Å². The molecule has 0 saturated carbocycles. The van der Waals surface area contributed by atoms with E-state index in [4.69, 9.17) is 0 Å². The topological polar surface area (TPSA) is 106 Å². The molecule has 0 unspecified atom stereocenters. The molecular formula is C22H11BrCoF12N2O4. The molecule has 1 aromatic carbocycles. The van der Waals surface area contributed by atoms with E-state index < -0.39 is 59.9 Å². The zero-order valence-corrected chi connectivity index (χ0v) is 22.3. The van der Waals surface area contributed by atoms with Crippen LogP contribution in [-0.2, 0) is 26.4 Å². The summed E-state index contributed by atoms with van der Waals surface area (Å²) >= 11 is 3.38. The van der Waals surface area contributed by atoms with Crippen molar-refractivity contribution in [3.8, 4) is 0 Å². The SMILES string of the molecule is Brc1ccc(N=Cc2ccccn2)cc1.O=C(/C=C(\[O-])C(F)(F)F)C(F)(F)F.O=C(/C=C(\[O-])C(F)(F)F)C(F)(F)F.[Co+2]. The van der Waals surface area contributed by atoms with E-state index in [2.05, 4.69) is 25.9 Å². The maximum absolute atomic E-state index is 11.3. The van der Waals surface area contributed by atoms with Gasteiger partial charge in [-0.3, -0.25) is 19.6 Å². The van der Waals surface area contributed by atoms with Gasteiger partial charge in [-0.05, 0) is 60.1 Å². The third-order valence-corrected chi connectivity index (χ3v) is 4.03. The summed E-state index contributed by atoms with van der Waals surface area (Å²) in [6.07, 6.45) is -20.4. The molecule has 42 heavy (non-hydrogen) atoms. The van der Waals surface area contributed by atoms with E-state index in [1.807, 2.05) is 42.5 Å².